The van der Waals surface area contributed by atoms with Crippen LogP contribution in [0.5, 0.6) is 0 Å². The third-order valence-electron chi connectivity index (χ3n) is 4.12. The second-order valence-corrected chi connectivity index (χ2v) is 8.96. The van der Waals surface area contributed by atoms with Crippen molar-refractivity contribution in [2.24, 2.45) is 0 Å². The molecule has 118 valence electrons. The summed E-state index contributed by atoms with van der Waals surface area (Å²) in [6, 6.07) is 6.22. The SMILES string of the molecule is CC1(C)CCCC(C)(C)N1NS(=O)(=O)c1ccc(Cl)cc1. The number of hydrogen-bond acceptors (Lipinski definition) is 3. The molecule has 0 atom stereocenters. The lowest BCUT2D eigenvalue weighted by Crippen LogP contribution is -2.65. The van der Waals surface area contributed by atoms with Gasteiger partial charge in [0.05, 0.1) is 4.90 Å². The average molecular weight is 331 g/mol. The van der Waals surface area contributed by atoms with Gasteiger partial charge < -0.3 is 0 Å². The van der Waals surface area contributed by atoms with E-state index in [9.17, 15) is 8.42 Å². The number of piperidine rings is 1. The second kappa shape index (κ2) is 5.54. The van der Waals surface area contributed by atoms with E-state index >= 15 is 0 Å². The summed E-state index contributed by atoms with van der Waals surface area (Å²) in [5, 5.41) is 2.40. The average Bonchev–Trinajstić information content (AvgIpc) is 2.34. The molecule has 0 aliphatic carbocycles. The maximum atomic E-state index is 12.6. The molecule has 0 aromatic heterocycles. The van der Waals surface area contributed by atoms with Crippen LogP contribution in [0.2, 0.25) is 5.02 Å². The third kappa shape index (κ3) is 3.59. The first-order chi connectivity index (χ1) is 9.55. The molecule has 1 saturated heterocycles. The molecule has 6 heteroatoms. The highest BCUT2D eigenvalue weighted by Gasteiger charge is 2.43. The Kier molecular flexibility index (Phi) is 4.42. The Morgan fingerprint density at radius 3 is 2.00 bits per heavy atom. The van der Waals surface area contributed by atoms with Crippen molar-refractivity contribution in [3.8, 4) is 0 Å². The van der Waals surface area contributed by atoms with Crippen molar-refractivity contribution < 1.29 is 8.42 Å². The zero-order valence-corrected chi connectivity index (χ0v) is 14.6. The van der Waals surface area contributed by atoms with Crippen molar-refractivity contribution in [3.05, 3.63) is 29.3 Å². The van der Waals surface area contributed by atoms with Gasteiger partial charge in [-0.1, -0.05) is 11.6 Å². The summed E-state index contributed by atoms with van der Waals surface area (Å²) in [4.78, 5) is 3.00. The molecule has 1 aromatic rings. The fourth-order valence-electron chi connectivity index (χ4n) is 3.03. The first kappa shape index (κ1) is 16.7. The van der Waals surface area contributed by atoms with Crippen molar-refractivity contribution in [1.29, 1.82) is 0 Å². The Hall–Kier alpha value is -0.620. The molecule has 4 nitrogen and oxygen atoms in total. The monoisotopic (exact) mass is 330 g/mol. The van der Waals surface area contributed by atoms with Crippen LogP contribution in [-0.2, 0) is 10.0 Å². The van der Waals surface area contributed by atoms with Gasteiger partial charge in [-0.3, -0.25) is 0 Å². The van der Waals surface area contributed by atoms with Gasteiger partial charge in [0, 0.05) is 16.1 Å². The van der Waals surface area contributed by atoms with Crippen molar-refractivity contribution in [2.75, 3.05) is 0 Å². The number of halogens is 1. The summed E-state index contributed by atoms with van der Waals surface area (Å²) in [5.41, 5.74) is -0.442. The Bertz CT molecular complexity index is 593. The number of rotatable bonds is 3. The number of hydrogen-bond donors (Lipinski definition) is 1. The van der Waals surface area contributed by atoms with Gasteiger partial charge in [-0.15, -0.1) is 4.83 Å². The molecule has 1 fully saturated rings. The summed E-state index contributed by atoms with van der Waals surface area (Å²) in [6.45, 7) is 8.27. The van der Waals surface area contributed by atoms with Crippen molar-refractivity contribution in [2.45, 2.75) is 62.9 Å². The minimum Gasteiger partial charge on any atom is -0.219 e. The molecule has 2 rings (SSSR count). The number of benzene rings is 1. The minimum atomic E-state index is -3.60. The second-order valence-electron chi connectivity index (χ2n) is 6.86. The van der Waals surface area contributed by atoms with E-state index in [2.05, 4.69) is 32.5 Å². The lowest BCUT2D eigenvalue weighted by atomic mass is 9.82. The topological polar surface area (TPSA) is 49.4 Å². The highest BCUT2D eigenvalue weighted by molar-refractivity contribution is 7.89. The van der Waals surface area contributed by atoms with Gasteiger partial charge in [0.1, 0.15) is 0 Å². The Morgan fingerprint density at radius 1 is 1.05 bits per heavy atom. The van der Waals surface area contributed by atoms with Gasteiger partial charge in [0.25, 0.3) is 10.0 Å². The first-order valence-electron chi connectivity index (χ1n) is 7.13. The van der Waals surface area contributed by atoms with Gasteiger partial charge >= 0.3 is 0 Å². The maximum Gasteiger partial charge on any atom is 0.253 e. The van der Waals surface area contributed by atoms with Crippen molar-refractivity contribution in [3.63, 3.8) is 0 Å². The summed E-state index contributed by atoms with van der Waals surface area (Å²) >= 11 is 5.82. The van der Waals surface area contributed by atoms with Gasteiger partial charge in [0.2, 0.25) is 0 Å². The smallest absolute Gasteiger partial charge is 0.219 e. The van der Waals surface area contributed by atoms with E-state index in [4.69, 9.17) is 11.6 Å². The van der Waals surface area contributed by atoms with Gasteiger partial charge in [-0.05, 0) is 71.2 Å². The summed E-state index contributed by atoms with van der Waals surface area (Å²) in [5.74, 6) is 0. The normalized spacial score (nSPS) is 22.1. The molecule has 1 aliphatic heterocycles. The Labute approximate surface area is 132 Å². The third-order valence-corrected chi connectivity index (χ3v) is 5.69. The van der Waals surface area contributed by atoms with E-state index in [1.807, 2.05) is 5.01 Å². The lowest BCUT2D eigenvalue weighted by Gasteiger charge is -2.52. The van der Waals surface area contributed by atoms with Crippen LogP contribution in [0.1, 0.15) is 47.0 Å². The molecule has 0 spiro atoms. The minimum absolute atomic E-state index is 0.221. The Morgan fingerprint density at radius 2 is 1.52 bits per heavy atom. The highest BCUT2D eigenvalue weighted by Crippen LogP contribution is 2.37. The summed E-state index contributed by atoms with van der Waals surface area (Å²) in [7, 11) is -3.60. The Balaban J connectivity index is 2.32. The van der Waals surface area contributed by atoms with Gasteiger partial charge in [0.15, 0.2) is 0 Å². The quantitative estimate of drug-likeness (QED) is 0.921. The van der Waals surface area contributed by atoms with Crippen LogP contribution in [0.15, 0.2) is 29.2 Å². The van der Waals surface area contributed by atoms with E-state index in [1.54, 1.807) is 12.1 Å². The summed E-state index contributed by atoms with van der Waals surface area (Å²) < 4.78 is 25.2. The number of sulfonamides is 1. The predicted octanol–water partition coefficient (Wildman–Crippen LogP) is 3.58. The number of nitrogens with one attached hydrogen (secondary N) is 1. The number of hydrazine groups is 1. The van der Waals surface area contributed by atoms with Crippen LogP contribution in [-0.4, -0.2) is 24.5 Å². The van der Waals surface area contributed by atoms with Gasteiger partial charge in [-0.2, -0.15) is 0 Å². The van der Waals surface area contributed by atoms with E-state index in [1.165, 1.54) is 12.1 Å². The molecular weight excluding hydrogens is 308 g/mol. The zero-order chi connectivity index (χ0) is 15.9. The fraction of sp³-hybridized carbons (Fsp3) is 0.600. The molecule has 0 unspecified atom stereocenters. The van der Waals surface area contributed by atoms with Crippen molar-refractivity contribution in [1.82, 2.24) is 9.84 Å². The molecule has 1 N–H and O–H groups in total. The first-order valence-corrected chi connectivity index (χ1v) is 8.99. The molecule has 0 amide bonds. The zero-order valence-electron chi connectivity index (χ0n) is 13.0. The number of nitrogens with zero attached hydrogens (tertiary/aromatic N) is 1. The molecule has 0 bridgehead atoms. The molecular formula is C15H23ClN2O2S. The van der Waals surface area contributed by atoms with E-state index in [0.717, 1.165) is 19.3 Å². The van der Waals surface area contributed by atoms with Crippen LogP contribution in [0.4, 0.5) is 0 Å². The van der Waals surface area contributed by atoms with Crippen LogP contribution in [0, 0.1) is 0 Å². The summed E-state index contributed by atoms with van der Waals surface area (Å²) in [6.07, 6.45) is 3.01. The molecule has 1 heterocycles. The van der Waals surface area contributed by atoms with E-state index < -0.39 is 10.0 Å². The fourth-order valence-corrected chi connectivity index (χ4v) is 4.49. The van der Waals surface area contributed by atoms with Gasteiger partial charge in [-0.25, -0.2) is 13.4 Å². The highest BCUT2D eigenvalue weighted by atomic mass is 35.5. The standard InChI is InChI=1S/C15H23ClN2O2S/c1-14(2)10-5-11-15(3,4)18(14)17-21(19,20)13-8-6-12(16)7-9-13/h6-9,17H,5,10-11H2,1-4H3. The molecule has 0 saturated carbocycles. The molecule has 0 radical (unpaired) electrons. The van der Waals surface area contributed by atoms with Crippen LogP contribution >= 0.6 is 11.6 Å². The van der Waals surface area contributed by atoms with Crippen LogP contribution in [0.3, 0.4) is 0 Å². The van der Waals surface area contributed by atoms with E-state index in [0.29, 0.717) is 5.02 Å². The molecule has 1 aliphatic rings. The lowest BCUT2D eigenvalue weighted by molar-refractivity contribution is -0.0468. The largest absolute Gasteiger partial charge is 0.253 e. The predicted molar refractivity (Wildman–Crippen MR) is 85.6 cm³/mol. The maximum absolute atomic E-state index is 12.6. The van der Waals surface area contributed by atoms with Crippen LogP contribution in [0.25, 0.3) is 0 Å². The van der Waals surface area contributed by atoms with E-state index in [-0.39, 0.29) is 16.0 Å². The van der Waals surface area contributed by atoms with Crippen molar-refractivity contribution >= 4 is 21.6 Å². The molecule has 21 heavy (non-hydrogen) atoms. The van der Waals surface area contributed by atoms with Crippen LogP contribution < -0.4 is 4.83 Å². The molecule has 1 aromatic carbocycles.